The van der Waals surface area contributed by atoms with Crippen LogP contribution in [0.5, 0.6) is 0 Å². The molecule has 0 atom stereocenters. The molecule has 3 aromatic heterocycles. The predicted molar refractivity (Wildman–Crippen MR) is 145 cm³/mol. The minimum Gasteiger partial charge on any atom is -0.382 e. The van der Waals surface area contributed by atoms with Gasteiger partial charge in [-0.2, -0.15) is 5.10 Å². The van der Waals surface area contributed by atoms with E-state index >= 15 is 0 Å². The molecule has 4 heterocycles. The molecular weight excluding hydrogens is 464 g/mol. The summed E-state index contributed by atoms with van der Waals surface area (Å²) in [7, 11) is 3.92. The van der Waals surface area contributed by atoms with Gasteiger partial charge in [-0.1, -0.05) is 12.0 Å². The highest BCUT2D eigenvalue weighted by Gasteiger charge is 2.16. The van der Waals surface area contributed by atoms with Crippen molar-refractivity contribution in [1.29, 1.82) is 0 Å². The van der Waals surface area contributed by atoms with Crippen molar-refractivity contribution in [1.82, 2.24) is 29.5 Å². The molecule has 0 saturated carbocycles. The molecule has 1 aromatic carbocycles. The Morgan fingerprint density at radius 3 is 2.68 bits per heavy atom. The van der Waals surface area contributed by atoms with Crippen LogP contribution in [-0.4, -0.2) is 68.7 Å². The van der Waals surface area contributed by atoms with Crippen molar-refractivity contribution in [2.45, 2.75) is 13.5 Å². The molecule has 1 amide bonds. The number of nitrogens with one attached hydrogen (secondary N) is 1. The number of anilines is 2. The molecule has 0 spiro atoms. The molecule has 1 aliphatic rings. The van der Waals surface area contributed by atoms with Crippen molar-refractivity contribution in [2.75, 3.05) is 44.3 Å². The topological polar surface area (TPSA) is 105 Å². The first-order chi connectivity index (χ1) is 17.9. The highest BCUT2D eigenvalue weighted by Crippen LogP contribution is 2.20. The first-order valence-electron chi connectivity index (χ1n) is 12.2. The quantitative estimate of drug-likeness (QED) is 0.420. The lowest BCUT2D eigenvalue weighted by Gasteiger charge is -2.32. The van der Waals surface area contributed by atoms with E-state index in [-0.39, 0.29) is 5.91 Å². The molecule has 5 rings (SSSR count). The summed E-state index contributed by atoms with van der Waals surface area (Å²) in [6.07, 6.45) is 3.30. The summed E-state index contributed by atoms with van der Waals surface area (Å²) >= 11 is 0. The molecule has 1 fully saturated rings. The number of hydrogen-bond donors (Lipinski definition) is 2. The van der Waals surface area contributed by atoms with Crippen LogP contribution in [0.25, 0.3) is 10.9 Å². The number of carbonyl (C=O) groups excluding carboxylic acids is 1. The maximum Gasteiger partial charge on any atom is 0.276 e. The van der Waals surface area contributed by atoms with E-state index in [0.29, 0.717) is 28.3 Å². The Hall–Kier alpha value is -4.26. The van der Waals surface area contributed by atoms with E-state index in [4.69, 9.17) is 5.73 Å². The zero-order valence-electron chi connectivity index (χ0n) is 21.3. The summed E-state index contributed by atoms with van der Waals surface area (Å²) in [6.45, 7) is 7.33. The average molecular weight is 495 g/mol. The molecular formula is C28H30N8O. The van der Waals surface area contributed by atoms with Crippen LogP contribution in [0.4, 0.5) is 11.5 Å². The van der Waals surface area contributed by atoms with Gasteiger partial charge >= 0.3 is 0 Å². The molecule has 9 nitrogen and oxygen atoms in total. The summed E-state index contributed by atoms with van der Waals surface area (Å²) in [4.78, 5) is 26.2. The zero-order valence-corrected chi connectivity index (χ0v) is 21.3. The molecule has 188 valence electrons. The van der Waals surface area contributed by atoms with Crippen molar-refractivity contribution < 1.29 is 4.79 Å². The number of rotatable bonds is 4. The molecule has 0 radical (unpaired) electrons. The highest BCUT2D eigenvalue weighted by atomic mass is 16.1. The minimum absolute atomic E-state index is 0.279. The number of pyridine rings is 2. The van der Waals surface area contributed by atoms with Crippen LogP contribution in [0.3, 0.4) is 0 Å². The van der Waals surface area contributed by atoms with Crippen molar-refractivity contribution >= 4 is 28.3 Å². The number of aromatic nitrogens is 4. The van der Waals surface area contributed by atoms with Crippen LogP contribution in [0.1, 0.15) is 32.9 Å². The maximum absolute atomic E-state index is 12.9. The molecule has 0 unspecified atom stereocenters. The van der Waals surface area contributed by atoms with Gasteiger partial charge in [0.25, 0.3) is 5.91 Å². The first-order valence-corrected chi connectivity index (χ1v) is 12.2. The second kappa shape index (κ2) is 10.4. The van der Waals surface area contributed by atoms with Gasteiger partial charge in [0.2, 0.25) is 0 Å². The predicted octanol–water partition coefficient (Wildman–Crippen LogP) is 2.65. The van der Waals surface area contributed by atoms with E-state index in [1.54, 1.807) is 30.2 Å². The van der Waals surface area contributed by atoms with E-state index in [9.17, 15) is 4.79 Å². The maximum atomic E-state index is 12.9. The van der Waals surface area contributed by atoms with Crippen molar-refractivity contribution in [3.63, 3.8) is 0 Å². The number of amides is 1. The first kappa shape index (κ1) is 24.4. The van der Waals surface area contributed by atoms with Crippen molar-refractivity contribution in [3.8, 4) is 11.8 Å². The third-order valence-electron chi connectivity index (χ3n) is 6.70. The average Bonchev–Trinajstić information content (AvgIpc) is 3.27. The standard InChI is InChI=1S/C28H30N8O/c1-19-15-22(8-6-21(19)18-36-13-11-34(2)12-14-36)32-28(37)25-16-23(35(3)33-25)9-7-20-17-31-27(29)26-24(20)5-4-10-30-26/h4-6,8,10,15-17H,11-14,18H2,1-3H3,(H2,29,31)(H,32,37). The highest BCUT2D eigenvalue weighted by molar-refractivity contribution is 6.03. The number of nitrogens with two attached hydrogens (primary N) is 1. The van der Waals surface area contributed by atoms with Gasteiger partial charge < -0.3 is 16.0 Å². The third kappa shape index (κ3) is 5.45. The van der Waals surface area contributed by atoms with Crippen LogP contribution in [-0.2, 0) is 13.6 Å². The Morgan fingerprint density at radius 2 is 1.89 bits per heavy atom. The molecule has 3 N–H and O–H groups in total. The Balaban J connectivity index is 1.28. The number of benzene rings is 1. The van der Waals surface area contributed by atoms with Gasteiger partial charge in [-0.15, -0.1) is 0 Å². The summed E-state index contributed by atoms with van der Waals surface area (Å²) in [6, 6.07) is 11.5. The largest absolute Gasteiger partial charge is 0.382 e. The number of nitrogens with zero attached hydrogens (tertiary/aromatic N) is 6. The number of piperazine rings is 1. The van der Waals surface area contributed by atoms with Crippen LogP contribution >= 0.6 is 0 Å². The third-order valence-corrected chi connectivity index (χ3v) is 6.70. The lowest BCUT2D eigenvalue weighted by Crippen LogP contribution is -2.43. The van der Waals surface area contributed by atoms with Gasteiger partial charge in [0, 0.05) is 69.3 Å². The number of aryl methyl sites for hydroxylation is 2. The number of hydrogen-bond acceptors (Lipinski definition) is 7. The Kier molecular flexibility index (Phi) is 6.86. The van der Waals surface area contributed by atoms with Crippen LogP contribution in [0.15, 0.2) is 48.8 Å². The summed E-state index contributed by atoms with van der Waals surface area (Å²) in [5.41, 5.74) is 11.3. The van der Waals surface area contributed by atoms with Gasteiger partial charge in [0.1, 0.15) is 17.0 Å². The van der Waals surface area contributed by atoms with Gasteiger partial charge in [-0.3, -0.25) is 19.4 Å². The van der Waals surface area contributed by atoms with E-state index in [0.717, 1.165) is 49.4 Å². The lowest BCUT2D eigenvalue weighted by atomic mass is 10.1. The normalized spacial score (nSPS) is 14.4. The summed E-state index contributed by atoms with van der Waals surface area (Å²) in [5, 5.41) is 8.16. The van der Waals surface area contributed by atoms with Gasteiger partial charge in [-0.05, 0) is 55.3 Å². The van der Waals surface area contributed by atoms with Gasteiger partial charge in [0.15, 0.2) is 5.69 Å². The SMILES string of the molecule is Cc1cc(NC(=O)c2cc(C#Cc3cnc(N)c4ncccc34)n(C)n2)ccc1CN1CCN(C)CC1. The summed E-state index contributed by atoms with van der Waals surface area (Å²) in [5.74, 6) is 6.29. The van der Waals surface area contributed by atoms with Crippen LogP contribution in [0.2, 0.25) is 0 Å². The van der Waals surface area contributed by atoms with Crippen molar-refractivity contribution in [3.05, 3.63) is 76.9 Å². The Morgan fingerprint density at radius 1 is 1.08 bits per heavy atom. The molecule has 1 saturated heterocycles. The number of likely N-dealkylation sites (N-methyl/N-ethyl adjacent to an activating group) is 1. The fourth-order valence-corrected chi connectivity index (χ4v) is 4.41. The second-order valence-electron chi connectivity index (χ2n) is 9.42. The van der Waals surface area contributed by atoms with E-state index in [2.05, 4.69) is 62.1 Å². The molecule has 4 aromatic rings. The monoisotopic (exact) mass is 494 g/mol. The van der Waals surface area contributed by atoms with E-state index < -0.39 is 0 Å². The molecule has 1 aliphatic heterocycles. The van der Waals surface area contributed by atoms with E-state index in [1.807, 2.05) is 24.3 Å². The van der Waals surface area contributed by atoms with Crippen LogP contribution in [0, 0.1) is 18.8 Å². The van der Waals surface area contributed by atoms with E-state index in [1.165, 1.54) is 5.56 Å². The van der Waals surface area contributed by atoms with Crippen LogP contribution < -0.4 is 11.1 Å². The lowest BCUT2D eigenvalue weighted by molar-refractivity contribution is 0.102. The number of carbonyl (C=O) groups is 1. The Bertz CT molecular complexity index is 1520. The van der Waals surface area contributed by atoms with Crippen molar-refractivity contribution in [2.24, 2.45) is 7.05 Å². The summed E-state index contributed by atoms with van der Waals surface area (Å²) < 4.78 is 1.59. The fourth-order valence-electron chi connectivity index (χ4n) is 4.41. The zero-order chi connectivity index (χ0) is 25.9. The molecule has 0 bridgehead atoms. The smallest absolute Gasteiger partial charge is 0.276 e. The fraction of sp³-hybridized carbons (Fsp3) is 0.286. The Labute approximate surface area is 216 Å². The molecule has 37 heavy (non-hydrogen) atoms. The number of fused-ring (bicyclic) bond motifs is 1. The second-order valence-corrected chi connectivity index (χ2v) is 9.42. The van der Waals surface area contributed by atoms with Gasteiger partial charge in [-0.25, -0.2) is 4.98 Å². The number of nitrogen functional groups attached to an aromatic ring is 1. The molecule has 9 heteroatoms. The minimum atomic E-state index is -0.279. The van der Waals surface area contributed by atoms with Gasteiger partial charge in [0.05, 0.1) is 5.56 Å². The molecule has 0 aliphatic carbocycles.